The minimum atomic E-state index is 0.334. The first-order valence-corrected chi connectivity index (χ1v) is 9.62. The summed E-state index contributed by atoms with van der Waals surface area (Å²) in [6.07, 6.45) is 1.05. The topological polar surface area (TPSA) is 58.1 Å². The molecule has 28 heavy (non-hydrogen) atoms. The van der Waals surface area contributed by atoms with E-state index in [0.717, 1.165) is 49.2 Å². The maximum Gasteiger partial charge on any atom is 0.191 e. The standard InChI is InChI=1S/C22H30N4O2/c1-16-7-5-6-8-17(16)14-24-22(23-2)25-18-9-10-26(15-18)19-11-20(27-3)13-21(12-19)28-4/h5-8,11-13,18H,9-10,14-15H2,1-4H3,(H2,23,24,25). The van der Waals surface area contributed by atoms with Gasteiger partial charge in [-0.05, 0) is 24.5 Å². The fraction of sp³-hybridized carbons (Fsp3) is 0.409. The number of nitrogens with zero attached hydrogens (tertiary/aromatic N) is 2. The van der Waals surface area contributed by atoms with E-state index in [9.17, 15) is 0 Å². The first-order valence-electron chi connectivity index (χ1n) is 9.62. The van der Waals surface area contributed by atoms with Crippen LogP contribution >= 0.6 is 0 Å². The average molecular weight is 383 g/mol. The highest BCUT2D eigenvalue weighted by Gasteiger charge is 2.24. The van der Waals surface area contributed by atoms with Crippen molar-refractivity contribution < 1.29 is 9.47 Å². The van der Waals surface area contributed by atoms with E-state index >= 15 is 0 Å². The molecular weight excluding hydrogens is 352 g/mol. The first-order chi connectivity index (χ1) is 13.6. The molecule has 6 nitrogen and oxygen atoms in total. The van der Waals surface area contributed by atoms with Crippen LogP contribution in [0.3, 0.4) is 0 Å². The van der Waals surface area contributed by atoms with Gasteiger partial charge in [0, 0.05) is 56.6 Å². The van der Waals surface area contributed by atoms with E-state index in [-0.39, 0.29) is 0 Å². The number of benzene rings is 2. The smallest absolute Gasteiger partial charge is 0.191 e. The van der Waals surface area contributed by atoms with Crippen LogP contribution in [0.25, 0.3) is 0 Å². The van der Waals surface area contributed by atoms with E-state index in [1.165, 1.54) is 11.1 Å². The second kappa shape index (κ2) is 9.35. The van der Waals surface area contributed by atoms with Crippen LogP contribution in [-0.2, 0) is 6.54 Å². The van der Waals surface area contributed by atoms with Crippen LogP contribution in [-0.4, -0.2) is 46.4 Å². The number of guanidine groups is 1. The lowest BCUT2D eigenvalue weighted by Gasteiger charge is -2.21. The number of hydrogen-bond acceptors (Lipinski definition) is 4. The number of hydrogen-bond donors (Lipinski definition) is 2. The van der Waals surface area contributed by atoms with Crippen molar-refractivity contribution in [2.45, 2.75) is 25.9 Å². The van der Waals surface area contributed by atoms with Crippen LogP contribution in [0.15, 0.2) is 47.5 Å². The van der Waals surface area contributed by atoms with Crippen LogP contribution in [0.5, 0.6) is 11.5 Å². The first kappa shape index (κ1) is 19.9. The molecule has 1 heterocycles. The molecule has 2 N–H and O–H groups in total. The summed E-state index contributed by atoms with van der Waals surface area (Å²) in [5, 5.41) is 6.97. The van der Waals surface area contributed by atoms with Gasteiger partial charge in [0.05, 0.1) is 14.2 Å². The van der Waals surface area contributed by atoms with Gasteiger partial charge < -0.3 is 25.0 Å². The molecule has 0 saturated carbocycles. The quantitative estimate of drug-likeness (QED) is 0.594. The number of aryl methyl sites for hydroxylation is 1. The third-order valence-electron chi connectivity index (χ3n) is 5.16. The van der Waals surface area contributed by atoms with Gasteiger partial charge in [-0.3, -0.25) is 4.99 Å². The second-order valence-electron chi connectivity index (χ2n) is 7.00. The highest BCUT2D eigenvalue weighted by molar-refractivity contribution is 5.80. The zero-order valence-corrected chi connectivity index (χ0v) is 17.2. The molecule has 0 radical (unpaired) electrons. The Labute approximate surface area is 167 Å². The van der Waals surface area contributed by atoms with Crippen molar-refractivity contribution in [2.24, 2.45) is 4.99 Å². The molecule has 1 aliphatic rings. The molecule has 0 aliphatic carbocycles. The minimum Gasteiger partial charge on any atom is -0.497 e. The lowest BCUT2D eigenvalue weighted by molar-refractivity contribution is 0.394. The molecule has 2 aromatic rings. The third kappa shape index (κ3) is 4.88. The van der Waals surface area contributed by atoms with E-state index in [4.69, 9.17) is 9.47 Å². The summed E-state index contributed by atoms with van der Waals surface area (Å²) in [6.45, 7) is 4.77. The van der Waals surface area contributed by atoms with Crippen molar-refractivity contribution in [3.8, 4) is 11.5 Å². The molecule has 0 aromatic heterocycles. The third-order valence-corrected chi connectivity index (χ3v) is 5.16. The normalized spacial score (nSPS) is 16.8. The Morgan fingerprint density at radius 1 is 1.14 bits per heavy atom. The van der Waals surface area contributed by atoms with Gasteiger partial charge in [-0.15, -0.1) is 0 Å². The maximum atomic E-state index is 5.40. The predicted molar refractivity (Wildman–Crippen MR) is 115 cm³/mol. The summed E-state index contributed by atoms with van der Waals surface area (Å²) < 4.78 is 10.8. The molecule has 1 aliphatic heterocycles. The van der Waals surface area contributed by atoms with E-state index in [1.54, 1.807) is 14.2 Å². The Morgan fingerprint density at radius 2 is 1.86 bits per heavy atom. The lowest BCUT2D eigenvalue weighted by Crippen LogP contribution is -2.44. The lowest BCUT2D eigenvalue weighted by atomic mass is 10.1. The SMILES string of the molecule is CN=C(NCc1ccccc1C)NC1CCN(c2cc(OC)cc(OC)c2)C1. The summed E-state index contributed by atoms with van der Waals surface area (Å²) in [7, 11) is 5.17. The molecule has 3 rings (SSSR count). The molecule has 0 spiro atoms. The largest absolute Gasteiger partial charge is 0.497 e. The van der Waals surface area contributed by atoms with Crippen LogP contribution in [0, 0.1) is 6.92 Å². The molecule has 1 unspecified atom stereocenters. The van der Waals surface area contributed by atoms with Crippen molar-refractivity contribution in [1.82, 2.24) is 10.6 Å². The van der Waals surface area contributed by atoms with Crippen molar-refractivity contribution in [3.05, 3.63) is 53.6 Å². The summed E-state index contributed by atoms with van der Waals surface area (Å²) in [5.74, 6) is 2.45. The number of nitrogens with one attached hydrogen (secondary N) is 2. The van der Waals surface area contributed by atoms with Crippen LogP contribution in [0.1, 0.15) is 17.5 Å². The minimum absolute atomic E-state index is 0.334. The number of anilines is 1. The van der Waals surface area contributed by atoms with Gasteiger partial charge in [0.2, 0.25) is 0 Å². The molecular formula is C22H30N4O2. The Balaban J connectivity index is 1.58. The summed E-state index contributed by atoms with van der Waals surface area (Å²) >= 11 is 0. The highest BCUT2D eigenvalue weighted by atomic mass is 16.5. The zero-order valence-electron chi connectivity index (χ0n) is 17.2. The Hall–Kier alpha value is -2.89. The van der Waals surface area contributed by atoms with Crippen LogP contribution in [0.4, 0.5) is 5.69 Å². The monoisotopic (exact) mass is 382 g/mol. The molecule has 1 fully saturated rings. The molecule has 1 atom stereocenters. The van der Waals surface area contributed by atoms with Gasteiger partial charge in [-0.2, -0.15) is 0 Å². The molecule has 2 aromatic carbocycles. The van der Waals surface area contributed by atoms with Gasteiger partial charge in [-0.25, -0.2) is 0 Å². The van der Waals surface area contributed by atoms with Crippen molar-refractivity contribution >= 4 is 11.6 Å². The number of rotatable bonds is 6. The predicted octanol–water partition coefficient (Wildman–Crippen LogP) is 2.96. The summed E-state index contributed by atoms with van der Waals surface area (Å²) in [6, 6.07) is 14.7. The van der Waals surface area contributed by atoms with Gasteiger partial charge in [0.25, 0.3) is 0 Å². The molecule has 0 amide bonds. The van der Waals surface area contributed by atoms with Gasteiger partial charge in [0.15, 0.2) is 5.96 Å². The Morgan fingerprint density at radius 3 is 2.50 bits per heavy atom. The van der Waals surface area contributed by atoms with E-state index in [2.05, 4.69) is 63.8 Å². The van der Waals surface area contributed by atoms with Crippen molar-refractivity contribution in [2.75, 3.05) is 39.3 Å². The Bertz CT molecular complexity index is 800. The van der Waals surface area contributed by atoms with Crippen LogP contribution < -0.4 is 25.0 Å². The Kier molecular flexibility index (Phi) is 6.63. The number of aliphatic imine (C=N–C) groups is 1. The summed E-state index contributed by atoms with van der Waals surface area (Å²) in [5.41, 5.74) is 3.68. The molecule has 150 valence electrons. The van der Waals surface area contributed by atoms with Crippen LogP contribution in [0.2, 0.25) is 0 Å². The highest BCUT2D eigenvalue weighted by Crippen LogP contribution is 2.30. The van der Waals surface area contributed by atoms with Gasteiger partial charge >= 0.3 is 0 Å². The fourth-order valence-corrected chi connectivity index (χ4v) is 3.46. The zero-order chi connectivity index (χ0) is 19.9. The second-order valence-corrected chi connectivity index (χ2v) is 7.00. The molecule has 1 saturated heterocycles. The van der Waals surface area contributed by atoms with E-state index in [1.807, 2.05) is 13.1 Å². The van der Waals surface area contributed by atoms with E-state index < -0.39 is 0 Å². The average Bonchev–Trinajstić information content (AvgIpc) is 3.20. The van der Waals surface area contributed by atoms with Crippen molar-refractivity contribution in [1.29, 1.82) is 0 Å². The van der Waals surface area contributed by atoms with Gasteiger partial charge in [-0.1, -0.05) is 24.3 Å². The summed E-state index contributed by atoms with van der Waals surface area (Å²) in [4.78, 5) is 6.73. The molecule has 0 bridgehead atoms. The number of methoxy groups -OCH3 is 2. The van der Waals surface area contributed by atoms with Crippen molar-refractivity contribution in [3.63, 3.8) is 0 Å². The fourth-order valence-electron chi connectivity index (χ4n) is 3.46. The van der Waals surface area contributed by atoms with E-state index in [0.29, 0.717) is 6.04 Å². The van der Waals surface area contributed by atoms with Gasteiger partial charge in [0.1, 0.15) is 11.5 Å². The molecule has 6 heteroatoms. The number of ether oxygens (including phenoxy) is 2. The maximum absolute atomic E-state index is 5.40.